The Balaban J connectivity index is 1.59. The zero-order valence-electron chi connectivity index (χ0n) is 19.8. The van der Waals surface area contributed by atoms with Crippen LogP contribution in [-0.4, -0.2) is 30.6 Å². The first-order chi connectivity index (χ1) is 15.7. The van der Waals surface area contributed by atoms with Crippen molar-refractivity contribution in [1.82, 2.24) is 4.98 Å². The van der Waals surface area contributed by atoms with Gasteiger partial charge >= 0.3 is 5.97 Å². The number of rotatable bonds is 6. The zero-order valence-corrected chi connectivity index (χ0v) is 20.6. The van der Waals surface area contributed by atoms with Crippen molar-refractivity contribution in [3.8, 4) is 5.75 Å². The molecule has 7 nitrogen and oxygen atoms in total. The van der Waals surface area contributed by atoms with Crippen LogP contribution in [0.1, 0.15) is 59.2 Å². The van der Waals surface area contributed by atoms with E-state index < -0.39 is 0 Å². The second-order valence-electron chi connectivity index (χ2n) is 8.23. The van der Waals surface area contributed by atoms with Gasteiger partial charge in [-0.25, -0.2) is 4.98 Å². The van der Waals surface area contributed by atoms with Gasteiger partial charge in [-0.05, 0) is 64.7 Å². The summed E-state index contributed by atoms with van der Waals surface area (Å²) < 4.78 is 16.7. The predicted molar refractivity (Wildman–Crippen MR) is 129 cm³/mol. The third-order valence-electron chi connectivity index (χ3n) is 6.14. The van der Waals surface area contributed by atoms with E-state index in [1.165, 1.54) is 11.3 Å². The maximum atomic E-state index is 12.8. The van der Waals surface area contributed by atoms with Crippen LogP contribution in [-0.2, 0) is 20.7 Å². The smallest absolute Gasteiger partial charge is 0.315 e. The normalized spacial score (nSPS) is 15.6. The minimum Gasteiger partial charge on any atom is -0.496 e. The highest BCUT2D eigenvalue weighted by Gasteiger charge is 2.33. The number of allylic oxidation sites excluding steroid dienone is 1. The molecule has 1 aromatic carbocycles. The summed E-state index contributed by atoms with van der Waals surface area (Å²) in [5.41, 5.74) is 5.10. The van der Waals surface area contributed by atoms with Gasteiger partial charge in [0.2, 0.25) is 5.91 Å². The minimum atomic E-state index is -0.347. The van der Waals surface area contributed by atoms with Crippen LogP contribution in [0.15, 0.2) is 16.6 Å². The topological polar surface area (TPSA) is 90.7 Å². The largest absolute Gasteiger partial charge is 0.496 e. The predicted octanol–water partition coefficient (Wildman–Crippen LogP) is 5.46. The van der Waals surface area contributed by atoms with E-state index >= 15 is 0 Å². The lowest BCUT2D eigenvalue weighted by atomic mass is 9.98. The Morgan fingerprint density at radius 3 is 2.76 bits per heavy atom. The number of aromatic nitrogens is 1. The lowest BCUT2D eigenvalue weighted by Crippen LogP contribution is -2.14. The summed E-state index contributed by atoms with van der Waals surface area (Å²) in [4.78, 5) is 30.5. The number of thiazole rings is 1. The molecule has 1 aliphatic carbocycles. The van der Waals surface area contributed by atoms with E-state index in [2.05, 4.69) is 10.3 Å². The van der Waals surface area contributed by atoms with Crippen molar-refractivity contribution in [2.75, 3.05) is 19.0 Å². The van der Waals surface area contributed by atoms with E-state index in [0.717, 1.165) is 56.0 Å². The fourth-order valence-corrected chi connectivity index (χ4v) is 5.38. The second-order valence-corrected chi connectivity index (χ2v) is 9.31. The monoisotopic (exact) mass is 468 g/mol. The van der Waals surface area contributed by atoms with Crippen LogP contribution in [0.4, 0.5) is 5.13 Å². The lowest BCUT2D eigenvalue weighted by Gasteiger charge is -2.13. The highest BCUT2D eigenvalue weighted by Crippen LogP contribution is 2.40. The highest BCUT2D eigenvalue weighted by atomic mass is 32.1. The molecule has 8 heteroatoms. The molecule has 0 bridgehead atoms. The van der Waals surface area contributed by atoms with Crippen molar-refractivity contribution in [3.05, 3.63) is 45.2 Å². The summed E-state index contributed by atoms with van der Waals surface area (Å²) in [6, 6.07) is 2.01. The number of fused-ring (bicyclic) bond motifs is 2. The number of furan rings is 1. The average Bonchev–Trinajstić information content (AvgIpc) is 3.41. The molecule has 1 unspecified atom stereocenters. The standard InChI is InChI=1S/C25H28N2O5S/c1-7-31-24(29)16-8-9-19-21(16)27-25(33-19)26-20(28)10-12(2)17-11-18-13(3)15(5)32-23(18)14(4)22(17)30-6/h10-11,16H,7-9H2,1-6H3,(H,26,27,28)/b12-10+. The molecule has 2 aromatic heterocycles. The molecule has 0 spiro atoms. The number of hydrogen-bond acceptors (Lipinski definition) is 7. The van der Waals surface area contributed by atoms with Gasteiger partial charge in [0.1, 0.15) is 23.0 Å². The van der Waals surface area contributed by atoms with Crippen LogP contribution < -0.4 is 10.1 Å². The SMILES string of the molecule is CCOC(=O)C1CCc2sc(NC(=O)/C=C(\C)c3cc4c(C)c(C)oc4c(C)c3OC)nc21. The Morgan fingerprint density at radius 2 is 2.06 bits per heavy atom. The van der Waals surface area contributed by atoms with Gasteiger partial charge in [-0.3, -0.25) is 14.9 Å². The molecule has 1 N–H and O–H groups in total. The number of methoxy groups -OCH3 is 1. The van der Waals surface area contributed by atoms with Crippen molar-refractivity contribution in [2.24, 2.45) is 0 Å². The number of hydrogen-bond donors (Lipinski definition) is 1. The van der Waals surface area contributed by atoms with E-state index in [1.54, 1.807) is 20.1 Å². The van der Waals surface area contributed by atoms with Crippen molar-refractivity contribution < 1.29 is 23.5 Å². The third-order valence-corrected chi connectivity index (χ3v) is 7.19. The molecule has 174 valence electrons. The Labute approximate surface area is 196 Å². The van der Waals surface area contributed by atoms with Crippen molar-refractivity contribution in [1.29, 1.82) is 0 Å². The van der Waals surface area contributed by atoms with Gasteiger partial charge in [0.25, 0.3) is 0 Å². The van der Waals surface area contributed by atoms with Crippen LogP contribution in [0.25, 0.3) is 16.5 Å². The van der Waals surface area contributed by atoms with Gasteiger partial charge in [-0.2, -0.15) is 0 Å². The molecular weight excluding hydrogens is 440 g/mol. The fraction of sp³-hybridized carbons (Fsp3) is 0.400. The van der Waals surface area contributed by atoms with E-state index in [0.29, 0.717) is 23.9 Å². The molecule has 1 amide bonds. The number of nitrogens with one attached hydrogen (secondary N) is 1. The lowest BCUT2D eigenvalue weighted by molar-refractivity contribution is -0.145. The molecule has 0 fully saturated rings. The first-order valence-electron chi connectivity index (χ1n) is 11.0. The zero-order chi connectivity index (χ0) is 23.9. The van der Waals surface area contributed by atoms with Gasteiger partial charge < -0.3 is 13.9 Å². The summed E-state index contributed by atoms with van der Waals surface area (Å²) in [7, 11) is 1.62. The first-order valence-corrected chi connectivity index (χ1v) is 11.8. The number of nitrogens with zero attached hydrogens (tertiary/aromatic N) is 1. The molecule has 1 atom stereocenters. The summed E-state index contributed by atoms with van der Waals surface area (Å²) in [5, 5.41) is 4.35. The maximum Gasteiger partial charge on any atom is 0.315 e. The van der Waals surface area contributed by atoms with Gasteiger partial charge in [0.05, 0.1) is 19.4 Å². The number of aryl methyl sites for hydroxylation is 4. The molecule has 3 aromatic rings. The van der Waals surface area contributed by atoms with Crippen molar-refractivity contribution in [2.45, 2.75) is 53.4 Å². The van der Waals surface area contributed by atoms with Gasteiger partial charge in [-0.1, -0.05) is 0 Å². The van der Waals surface area contributed by atoms with Crippen molar-refractivity contribution in [3.63, 3.8) is 0 Å². The van der Waals surface area contributed by atoms with Crippen LogP contribution in [0, 0.1) is 20.8 Å². The Hall–Kier alpha value is -3.13. The maximum absolute atomic E-state index is 12.8. The third kappa shape index (κ3) is 4.15. The fourth-order valence-electron chi connectivity index (χ4n) is 4.34. The highest BCUT2D eigenvalue weighted by molar-refractivity contribution is 7.16. The summed E-state index contributed by atoms with van der Waals surface area (Å²) in [6.07, 6.45) is 3.01. The summed E-state index contributed by atoms with van der Waals surface area (Å²) in [5.74, 6) is 0.665. The summed E-state index contributed by atoms with van der Waals surface area (Å²) >= 11 is 1.41. The number of carbonyl (C=O) groups is 2. The first kappa shape index (κ1) is 23.0. The minimum absolute atomic E-state index is 0.252. The molecule has 33 heavy (non-hydrogen) atoms. The Kier molecular flexibility index (Phi) is 6.30. The van der Waals surface area contributed by atoms with E-state index in [1.807, 2.05) is 33.8 Å². The number of anilines is 1. The molecule has 2 heterocycles. The molecule has 0 aliphatic heterocycles. The van der Waals surface area contributed by atoms with Gasteiger partial charge in [0.15, 0.2) is 5.13 Å². The number of carbonyl (C=O) groups excluding carboxylic acids is 2. The molecule has 0 saturated heterocycles. The number of amides is 1. The molecule has 1 aliphatic rings. The summed E-state index contributed by atoms with van der Waals surface area (Å²) in [6.45, 7) is 9.93. The van der Waals surface area contributed by atoms with Crippen LogP contribution in [0.5, 0.6) is 5.75 Å². The van der Waals surface area contributed by atoms with E-state index in [4.69, 9.17) is 13.9 Å². The Bertz CT molecular complexity index is 1280. The van der Waals surface area contributed by atoms with Crippen LogP contribution in [0.3, 0.4) is 0 Å². The number of benzene rings is 1. The number of esters is 1. The number of ether oxygens (including phenoxy) is 2. The molecule has 0 saturated carbocycles. The van der Waals surface area contributed by atoms with E-state index in [-0.39, 0.29) is 17.8 Å². The quantitative estimate of drug-likeness (QED) is 0.382. The van der Waals surface area contributed by atoms with Gasteiger partial charge in [-0.15, -0.1) is 11.3 Å². The van der Waals surface area contributed by atoms with E-state index in [9.17, 15) is 9.59 Å². The van der Waals surface area contributed by atoms with Crippen LogP contribution in [0.2, 0.25) is 0 Å². The molecular formula is C25H28N2O5S. The van der Waals surface area contributed by atoms with Crippen molar-refractivity contribution >= 4 is 44.9 Å². The second kappa shape index (κ2) is 9.02. The van der Waals surface area contributed by atoms with Gasteiger partial charge in [0, 0.05) is 27.5 Å². The Morgan fingerprint density at radius 1 is 1.30 bits per heavy atom. The average molecular weight is 469 g/mol. The molecule has 4 rings (SSSR count). The van der Waals surface area contributed by atoms with Crippen LogP contribution >= 0.6 is 11.3 Å². The molecule has 0 radical (unpaired) electrons.